The van der Waals surface area contributed by atoms with E-state index in [2.05, 4.69) is 39.1 Å². The molecule has 0 amide bonds. The minimum Gasteiger partial charge on any atom is -0.346 e. The van der Waals surface area contributed by atoms with Crippen molar-refractivity contribution in [2.45, 2.75) is 65.5 Å². The average molecular weight is 612 g/mol. The topological polar surface area (TPSA) is 35.9 Å². The van der Waals surface area contributed by atoms with E-state index in [1.165, 1.54) is 16.7 Å². The van der Waals surface area contributed by atoms with E-state index < -0.39 is 12.6 Å². The summed E-state index contributed by atoms with van der Waals surface area (Å²) < 4.78 is 40.1. The number of alkyl halides is 3. The molecule has 2 aliphatic heterocycles. The molecular weight excluding hydrogens is 571 g/mol. The molecule has 1 unspecified atom stereocenters. The Morgan fingerprint density at radius 1 is 1.13 bits per heavy atom. The van der Waals surface area contributed by atoms with Crippen molar-refractivity contribution in [3.8, 4) is 0 Å². The van der Waals surface area contributed by atoms with Crippen molar-refractivity contribution in [3.63, 3.8) is 0 Å². The first-order chi connectivity index (χ1) is 21.4. The molecule has 2 aromatic rings. The van der Waals surface area contributed by atoms with Crippen LogP contribution in [0.5, 0.6) is 0 Å². The van der Waals surface area contributed by atoms with Gasteiger partial charge in [-0.1, -0.05) is 69.0 Å². The molecular formula is C38H40F3N3O. The summed E-state index contributed by atoms with van der Waals surface area (Å²) in [4.78, 5) is 14.6. The minimum atomic E-state index is -4.32. The molecule has 1 atom stereocenters. The van der Waals surface area contributed by atoms with E-state index >= 15 is 0 Å². The number of hydrogen-bond acceptors (Lipinski definition) is 4. The maximum absolute atomic E-state index is 13.4. The number of carbonyl (C=O) groups excluding carboxylic acids is 1. The fourth-order valence-electron chi connectivity index (χ4n) is 5.79. The highest BCUT2D eigenvalue weighted by atomic mass is 19.4. The van der Waals surface area contributed by atoms with Crippen molar-refractivity contribution >= 4 is 17.2 Å². The lowest BCUT2D eigenvalue weighted by molar-refractivity contribution is -0.135. The number of allylic oxidation sites excluding steroid dienone is 6. The maximum Gasteiger partial charge on any atom is 0.390 e. The van der Waals surface area contributed by atoms with Crippen LogP contribution in [0.1, 0.15) is 78.6 Å². The van der Waals surface area contributed by atoms with E-state index in [1.807, 2.05) is 62.4 Å². The van der Waals surface area contributed by atoms with Gasteiger partial charge in [-0.05, 0) is 97.9 Å². The second-order valence-electron chi connectivity index (χ2n) is 12.1. The third-order valence-corrected chi connectivity index (χ3v) is 8.70. The quantitative estimate of drug-likeness (QED) is 0.188. The van der Waals surface area contributed by atoms with Crippen molar-refractivity contribution in [2.24, 2.45) is 11.0 Å². The zero-order chi connectivity index (χ0) is 32.5. The zero-order valence-electron chi connectivity index (χ0n) is 26.4. The van der Waals surface area contributed by atoms with Gasteiger partial charge in [-0.25, -0.2) is 5.01 Å². The molecule has 0 aromatic heterocycles. The first kappa shape index (κ1) is 32.0. The summed E-state index contributed by atoms with van der Waals surface area (Å²) in [7, 11) is 0. The number of hydrogen-bond donors (Lipinski definition) is 0. The Balaban J connectivity index is 1.56. The Hall–Kier alpha value is -4.39. The SMILES string of the molecule is C=CN(CCC(F)(F)F)C1=CC(C(C)c2cccc(CC)c2)=NN2C1=CC(=C)C=C2c1ccc(C(=O)C=C(C)C2CC2)c(C)c1. The van der Waals surface area contributed by atoms with E-state index in [0.29, 0.717) is 34.2 Å². The van der Waals surface area contributed by atoms with Crippen molar-refractivity contribution in [2.75, 3.05) is 6.54 Å². The van der Waals surface area contributed by atoms with E-state index in [9.17, 15) is 18.0 Å². The second-order valence-corrected chi connectivity index (χ2v) is 12.1. The lowest BCUT2D eigenvalue weighted by atomic mass is 9.91. The molecule has 1 fully saturated rings. The van der Waals surface area contributed by atoms with Gasteiger partial charge in [0, 0.05) is 23.6 Å². The third kappa shape index (κ3) is 7.30. The van der Waals surface area contributed by atoms with Crippen LogP contribution in [0.2, 0.25) is 0 Å². The number of hydrazone groups is 1. The predicted molar refractivity (Wildman–Crippen MR) is 176 cm³/mol. The number of ketones is 1. The summed E-state index contributed by atoms with van der Waals surface area (Å²) in [5.74, 6) is 0.365. The molecule has 1 saturated carbocycles. The molecule has 0 N–H and O–H groups in total. The Labute approximate surface area is 264 Å². The molecule has 3 aliphatic rings. The molecule has 1 aliphatic carbocycles. The number of rotatable bonds is 11. The Morgan fingerprint density at radius 2 is 1.87 bits per heavy atom. The van der Waals surface area contributed by atoms with Gasteiger partial charge in [-0.3, -0.25) is 4.79 Å². The summed E-state index contributed by atoms with van der Waals surface area (Å²) in [6, 6.07) is 14.0. The van der Waals surface area contributed by atoms with Gasteiger partial charge in [0.05, 0.1) is 29.2 Å². The summed E-state index contributed by atoms with van der Waals surface area (Å²) >= 11 is 0. The van der Waals surface area contributed by atoms with Gasteiger partial charge in [-0.2, -0.15) is 18.3 Å². The Kier molecular flexibility index (Phi) is 9.19. The normalized spacial score (nSPS) is 17.5. The third-order valence-electron chi connectivity index (χ3n) is 8.70. The number of nitrogens with zero attached hydrogens (tertiary/aromatic N) is 3. The van der Waals surface area contributed by atoms with Crippen LogP contribution in [-0.4, -0.2) is 34.1 Å². The fourth-order valence-corrected chi connectivity index (χ4v) is 5.79. The molecule has 0 bridgehead atoms. The van der Waals surface area contributed by atoms with Crippen molar-refractivity contribution < 1.29 is 18.0 Å². The van der Waals surface area contributed by atoms with E-state index in [4.69, 9.17) is 5.10 Å². The van der Waals surface area contributed by atoms with Gasteiger partial charge in [0.25, 0.3) is 0 Å². The van der Waals surface area contributed by atoms with Crippen LogP contribution < -0.4 is 0 Å². The molecule has 2 heterocycles. The summed E-state index contributed by atoms with van der Waals surface area (Å²) in [5.41, 5.74) is 8.97. The molecule has 0 saturated heterocycles. The number of aryl methyl sites for hydroxylation is 2. The predicted octanol–water partition coefficient (Wildman–Crippen LogP) is 9.65. The van der Waals surface area contributed by atoms with Crippen LogP contribution >= 0.6 is 0 Å². The standard InChI is InChI=1S/C38H40F3N3O/c1-7-28-10-9-11-30(22-28)27(6)33-23-35(43(8-2)17-16-38(39,40)41)36-19-24(3)18-34(44(36)42-33)31-14-15-32(26(5)20-31)37(45)21-25(4)29-12-13-29/h8-11,14-15,18-23,27,29H,2-3,7,12-13,16-17H2,1,4-6H3. The zero-order valence-corrected chi connectivity index (χ0v) is 26.4. The minimum absolute atomic E-state index is 0.0102. The van der Waals surface area contributed by atoms with Crippen LogP contribution in [0.15, 0.2) is 114 Å². The molecule has 45 heavy (non-hydrogen) atoms. The lowest BCUT2D eigenvalue weighted by Gasteiger charge is -2.38. The second kappa shape index (κ2) is 12.9. The Morgan fingerprint density at radius 3 is 2.51 bits per heavy atom. The highest BCUT2D eigenvalue weighted by Crippen LogP contribution is 2.40. The number of carbonyl (C=O) groups is 1. The van der Waals surface area contributed by atoms with Gasteiger partial charge in [0.1, 0.15) is 0 Å². The first-order valence-corrected chi connectivity index (χ1v) is 15.5. The van der Waals surface area contributed by atoms with Crippen LogP contribution in [0.3, 0.4) is 0 Å². The molecule has 0 radical (unpaired) electrons. The van der Waals surface area contributed by atoms with Gasteiger partial charge < -0.3 is 4.90 Å². The summed E-state index contributed by atoms with van der Waals surface area (Å²) in [6.07, 6.45) is 6.65. The number of fused-ring (bicyclic) bond motifs is 1. The largest absolute Gasteiger partial charge is 0.390 e. The van der Waals surface area contributed by atoms with Gasteiger partial charge in [-0.15, -0.1) is 0 Å². The molecule has 0 spiro atoms. The van der Waals surface area contributed by atoms with Gasteiger partial charge in [0.15, 0.2) is 5.78 Å². The highest BCUT2D eigenvalue weighted by Gasteiger charge is 2.33. The van der Waals surface area contributed by atoms with Crippen LogP contribution in [0.4, 0.5) is 13.2 Å². The molecule has 234 valence electrons. The smallest absolute Gasteiger partial charge is 0.346 e. The van der Waals surface area contributed by atoms with Crippen molar-refractivity contribution in [3.05, 3.63) is 136 Å². The average Bonchev–Trinajstić information content (AvgIpc) is 3.86. The first-order valence-electron chi connectivity index (χ1n) is 15.5. The monoisotopic (exact) mass is 611 g/mol. The molecule has 5 rings (SSSR count). The van der Waals surface area contributed by atoms with E-state index in [1.54, 1.807) is 11.1 Å². The fraction of sp³-hybridized carbons (Fsp3) is 0.316. The molecule has 2 aromatic carbocycles. The number of benzene rings is 2. The van der Waals surface area contributed by atoms with Crippen LogP contribution in [0, 0.1) is 12.8 Å². The highest BCUT2D eigenvalue weighted by molar-refractivity contribution is 6.06. The van der Waals surface area contributed by atoms with Gasteiger partial charge >= 0.3 is 6.18 Å². The van der Waals surface area contributed by atoms with Crippen LogP contribution in [0.25, 0.3) is 5.70 Å². The molecule has 4 nitrogen and oxygen atoms in total. The molecule has 7 heteroatoms. The van der Waals surface area contributed by atoms with Crippen LogP contribution in [-0.2, 0) is 6.42 Å². The van der Waals surface area contributed by atoms with E-state index in [-0.39, 0.29) is 18.2 Å². The van der Waals surface area contributed by atoms with E-state index in [0.717, 1.165) is 47.2 Å². The lowest BCUT2D eigenvalue weighted by Crippen LogP contribution is -2.34. The van der Waals surface area contributed by atoms with Crippen molar-refractivity contribution in [1.82, 2.24) is 9.91 Å². The number of halogens is 3. The summed E-state index contributed by atoms with van der Waals surface area (Å²) in [5, 5.41) is 6.88. The summed E-state index contributed by atoms with van der Waals surface area (Å²) in [6.45, 7) is 15.8. The Bertz CT molecular complexity index is 1680. The van der Waals surface area contributed by atoms with Crippen molar-refractivity contribution in [1.29, 1.82) is 0 Å². The van der Waals surface area contributed by atoms with Gasteiger partial charge in [0.2, 0.25) is 0 Å². The maximum atomic E-state index is 13.4.